The molecule has 16 heavy (non-hydrogen) atoms. The Morgan fingerprint density at radius 1 is 1.31 bits per heavy atom. The lowest BCUT2D eigenvalue weighted by atomic mass is 10.2. The number of phosphoric ester groups is 1. The summed E-state index contributed by atoms with van der Waals surface area (Å²) in [5.41, 5.74) is 0. The van der Waals surface area contributed by atoms with Crippen LogP contribution < -0.4 is 0 Å². The number of rotatable bonds is 9. The summed E-state index contributed by atoms with van der Waals surface area (Å²) in [5, 5.41) is 0. The molecule has 0 aromatic rings. The Kier molecular flexibility index (Phi) is 8.16. The summed E-state index contributed by atoms with van der Waals surface area (Å²) in [6.45, 7) is 7.16. The molecule has 0 aliphatic heterocycles. The molecule has 0 bridgehead atoms. The third kappa shape index (κ3) is 6.77. The zero-order valence-corrected chi connectivity index (χ0v) is 10.7. The van der Waals surface area contributed by atoms with E-state index in [1.165, 1.54) is 0 Å². The minimum absolute atomic E-state index is 0.164. The van der Waals surface area contributed by atoms with Crippen LogP contribution in [0, 0.1) is 0 Å². The molecule has 0 fully saturated rings. The van der Waals surface area contributed by atoms with Crippen LogP contribution in [0.1, 0.15) is 33.1 Å². The third-order valence-electron chi connectivity index (χ3n) is 1.58. The Hall–Kier alpha value is -0.640. The second kappa shape index (κ2) is 8.50. The van der Waals surface area contributed by atoms with E-state index in [4.69, 9.17) is 13.6 Å². The van der Waals surface area contributed by atoms with E-state index in [1.54, 1.807) is 19.9 Å². The summed E-state index contributed by atoms with van der Waals surface area (Å²) in [6, 6.07) is 0. The molecule has 0 spiro atoms. The van der Waals surface area contributed by atoms with Crippen molar-refractivity contribution in [2.75, 3.05) is 13.2 Å². The fourth-order valence-electron chi connectivity index (χ4n) is 0.967. The van der Waals surface area contributed by atoms with E-state index >= 15 is 0 Å². The van der Waals surface area contributed by atoms with Gasteiger partial charge in [-0.3, -0.25) is 13.8 Å². The van der Waals surface area contributed by atoms with Gasteiger partial charge < -0.3 is 4.52 Å². The molecule has 0 aromatic carbocycles. The number of phosphoric acid groups is 1. The topological polar surface area (TPSA) is 61.8 Å². The first kappa shape index (κ1) is 15.4. The quantitative estimate of drug-likeness (QED) is 0.357. The normalized spacial score (nSPS) is 11.1. The molecule has 0 aliphatic rings. The van der Waals surface area contributed by atoms with E-state index in [-0.39, 0.29) is 19.6 Å². The van der Waals surface area contributed by atoms with E-state index in [9.17, 15) is 9.36 Å². The van der Waals surface area contributed by atoms with Gasteiger partial charge in [-0.15, -0.1) is 6.58 Å². The van der Waals surface area contributed by atoms with Crippen LogP contribution in [0.2, 0.25) is 0 Å². The van der Waals surface area contributed by atoms with Crippen LogP contribution in [-0.4, -0.2) is 19.2 Å². The molecule has 94 valence electrons. The molecule has 0 heterocycles. The molecule has 0 saturated carbocycles. The Morgan fingerprint density at radius 3 is 2.31 bits per heavy atom. The SMILES string of the molecule is C=CCCCC(=O)OP(=O)(OCC)OCC. The molecular formula is C10H19O5P. The maximum Gasteiger partial charge on any atom is 0.532 e. The number of allylic oxidation sites excluding steroid dienone is 1. The van der Waals surface area contributed by atoms with Gasteiger partial charge in [-0.1, -0.05) is 6.08 Å². The summed E-state index contributed by atoms with van der Waals surface area (Å²) in [4.78, 5) is 11.3. The van der Waals surface area contributed by atoms with E-state index in [1.807, 2.05) is 0 Å². The largest absolute Gasteiger partial charge is 0.532 e. The van der Waals surface area contributed by atoms with E-state index in [0.29, 0.717) is 12.8 Å². The number of unbranched alkanes of at least 4 members (excludes halogenated alkanes) is 1. The zero-order valence-electron chi connectivity index (χ0n) is 9.81. The summed E-state index contributed by atoms with van der Waals surface area (Å²) in [6.07, 6.45) is 3.21. The van der Waals surface area contributed by atoms with E-state index < -0.39 is 13.8 Å². The van der Waals surface area contributed by atoms with Gasteiger partial charge in [-0.2, -0.15) is 0 Å². The molecule has 0 radical (unpaired) electrons. The highest BCUT2D eigenvalue weighted by atomic mass is 31.2. The van der Waals surface area contributed by atoms with Crippen molar-refractivity contribution in [3.63, 3.8) is 0 Å². The Labute approximate surface area is 96.4 Å². The van der Waals surface area contributed by atoms with Crippen molar-refractivity contribution >= 4 is 13.8 Å². The second-order valence-electron chi connectivity index (χ2n) is 2.93. The maximum atomic E-state index is 11.7. The standard InChI is InChI=1S/C10H19O5P/c1-4-7-8-9-10(11)15-16(12,13-5-2)14-6-3/h4H,1,5-9H2,2-3H3. The maximum absolute atomic E-state index is 11.7. The predicted octanol–water partition coefficient (Wildman–Crippen LogP) is 3.07. The van der Waals surface area contributed by atoms with Gasteiger partial charge in [-0.05, 0) is 26.7 Å². The monoisotopic (exact) mass is 250 g/mol. The van der Waals surface area contributed by atoms with Gasteiger partial charge in [0.15, 0.2) is 0 Å². The second-order valence-corrected chi connectivity index (χ2v) is 4.52. The summed E-state index contributed by atoms with van der Waals surface area (Å²) >= 11 is 0. The van der Waals surface area contributed by atoms with Gasteiger partial charge in [0.05, 0.1) is 13.2 Å². The Balaban J connectivity index is 4.12. The van der Waals surface area contributed by atoms with Crippen molar-refractivity contribution in [2.24, 2.45) is 0 Å². The van der Waals surface area contributed by atoms with Crippen LogP contribution in [0.5, 0.6) is 0 Å². The average Bonchev–Trinajstić information content (AvgIpc) is 2.18. The lowest BCUT2D eigenvalue weighted by Gasteiger charge is -2.15. The predicted molar refractivity (Wildman–Crippen MR) is 61.0 cm³/mol. The average molecular weight is 250 g/mol. The molecule has 0 saturated heterocycles. The first-order valence-electron chi connectivity index (χ1n) is 5.30. The number of hydrogen-bond donors (Lipinski definition) is 0. The zero-order chi connectivity index (χ0) is 12.4. The highest BCUT2D eigenvalue weighted by Gasteiger charge is 2.29. The van der Waals surface area contributed by atoms with E-state index in [2.05, 4.69) is 6.58 Å². The molecule has 0 amide bonds. The smallest absolute Gasteiger partial charge is 0.370 e. The summed E-state index contributed by atoms with van der Waals surface area (Å²) in [7, 11) is -3.70. The molecule has 0 aromatic heterocycles. The lowest BCUT2D eigenvalue weighted by molar-refractivity contribution is -0.136. The van der Waals surface area contributed by atoms with Gasteiger partial charge in [0.1, 0.15) is 0 Å². The van der Waals surface area contributed by atoms with Gasteiger partial charge in [-0.25, -0.2) is 4.57 Å². The van der Waals surface area contributed by atoms with Gasteiger partial charge in [0, 0.05) is 6.42 Å². The number of carbonyl (C=O) groups is 1. The van der Waals surface area contributed by atoms with Crippen LogP contribution in [0.4, 0.5) is 0 Å². The van der Waals surface area contributed by atoms with Crippen LogP contribution in [0.15, 0.2) is 12.7 Å². The van der Waals surface area contributed by atoms with Crippen molar-refractivity contribution in [2.45, 2.75) is 33.1 Å². The number of hydrogen-bond acceptors (Lipinski definition) is 5. The molecule has 0 N–H and O–H groups in total. The molecule has 0 atom stereocenters. The highest BCUT2D eigenvalue weighted by Crippen LogP contribution is 2.49. The van der Waals surface area contributed by atoms with Crippen LogP contribution >= 0.6 is 7.82 Å². The van der Waals surface area contributed by atoms with E-state index in [0.717, 1.165) is 0 Å². The highest BCUT2D eigenvalue weighted by molar-refractivity contribution is 7.49. The molecule has 0 unspecified atom stereocenters. The Bertz CT molecular complexity index is 254. The fraction of sp³-hybridized carbons (Fsp3) is 0.700. The molecule has 5 nitrogen and oxygen atoms in total. The minimum atomic E-state index is -3.70. The molecule has 0 rings (SSSR count). The van der Waals surface area contributed by atoms with Crippen molar-refractivity contribution in [1.82, 2.24) is 0 Å². The van der Waals surface area contributed by atoms with Crippen LogP contribution in [-0.2, 0) is 22.9 Å². The van der Waals surface area contributed by atoms with Crippen molar-refractivity contribution in [3.05, 3.63) is 12.7 Å². The third-order valence-corrected chi connectivity index (χ3v) is 3.15. The van der Waals surface area contributed by atoms with Crippen LogP contribution in [0.25, 0.3) is 0 Å². The number of carbonyl (C=O) groups excluding carboxylic acids is 1. The lowest BCUT2D eigenvalue weighted by Crippen LogP contribution is -2.07. The molecule has 6 heteroatoms. The van der Waals surface area contributed by atoms with Crippen molar-refractivity contribution in [3.8, 4) is 0 Å². The first-order chi connectivity index (χ1) is 7.58. The first-order valence-corrected chi connectivity index (χ1v) is 6.76. The van der Waals surface area contributed by atoms with Crippen molar-refractivity contribution < 1.29 is 22.9 Å². The van der Waals surface area contributed by atoms with Gasteiger partial charge in [0.25, 0.3) is 0 Å². The summed E-state index contributed by atoms with van der Waals surface area (Å²) < 4.78 is 26.1. The molecular weight excluding hydrogens is 231 g/mol. The molecule has 0 aliphatic carbocycles. The van der Waals surface area contributed by atoms with Crippen molar-refractivity contribution in [1.29, 1.82) is 0 Å². The van der Waals surface area contributed by atoms with Gasteiger partial charge >= 0.3 is 13.8 Å². The Morgan fingerprint density at radius 2 is 1.88 bits per heavy atom. The minimum Gasteiger partial charge on any atom is -0.370 e. The fourth-order valence-corrected chi connectivity index (χ4v) is 2.12. The van der Waals surface area contributed by atoms with Crippen LogP contribution in [0.3, 0.4) is 0 Å². The summed E-state index contributed by atoms with van der Waals surface area (Å²) in [5.74, 6) is -0.577. The van der Waals surface area contributed by atoms with Gasteiger partial charge in [0.2, 0.25) is 0 Å².